The van der Waals surface area contributed by atoms with E-state index in [9.17, 15) is 4.79 Å². The van der Waals surface area contributed by atoms with E-state index >= 15 is 0 Å². The van der Waals surface area contributed by atoms with Crippen molar-refractivity contribution in [2.45, 2.75) is 31.3 Å². The monoisotopic (exact) mass is 415 g/mol. The maximum absolute atomic E-state index is 13.0. The third-order valence-electron chi connectivity index (χ3n) is 6.02. The SMILES string of the molecule is CN1CCC(c2nnc(NC3N=C(c4ccccc4)c4ccccc4CC3=O)o2)CC1. The fraction of sp³-hybridized carbons (Fsp3) is 0.333. The number of aliphatic imine (C=N–C) groups is 1. The minimum absolute atomic E-state index is 0.0302. The minimum atomic E-state index is -0.784. The summed E-state index contributed by atoms with van der Waals surface area (Å²) in [5, 5.41) is 11.5. The lowest BCUT2D eigenvalue weighted by atomic mass is 9.96. The summed E-state index contributed by atoms with van der Waals surface area (Å²) in [6.07, 6.45) is 1.50. The molecule has 1 fully saturated rings. The van der Waals surface area contributed by atoms with Crippen LogP contribution in [0.4, 0.5) is 6.01 Å². The summed E-state index contributed by atoms with van der Waals surface area (Å²) < 4.78 is 5.89. The molecule has 7 nitrogen and oxygen atoms in total. The van der Waals surface area contributed by atoms with Gasteiger partial charge in [0.05, 0.1) is 5.71 Å². The Hall–Kier alpha value is -3.32. The zero-order valence-corrected chi connectivity index (χ0v) is 17.5. The first-order chi connectivity index (χ1) is 15.2. The molecular weight excluding hydrogens is 390 g/mol. The Balaban J connectivity index is 1.43. The average Bonchev–Trinajstić information content (AvgIpc) is 3.21. The number of rotatable bonds is 4. The summed E-state index contributed by atoms with van der Waals surface area (Å²) in [5.74, 6) is 0.862. The van der Waals surface area contributed by atoms with Gasteiger partial charge in [0.1, 0.15) is 0 Å². The summed E-state index contributed by atoms with van der Waals surface area (Å²) in [7, 11) is 2.12. The van der Waals surface area contributed by atoms with Gasteiger partial charge in [-0.15, -0.1) is 5.10 Å². The highest BCUT2D eigenvalue weighted by Gasteiger charge is 2.28. The number of carbonyl (C=O) groups is 1. The van der Waals surface area contributed by atoms with E-state index in [-0.39, 0.29) is 17.7 Å². The van der Waals surface area contributed by atoms with Crippen LogP contribution in [0.2, 0.25) is 0 Å². The molecule has 3 aromatic rings. The smallest absolute Gasteiger partial charge is 0.317 e. The van der Waals surface area contributed by atoms with Crippen LogP contribution in [0, 0.1) is 0 Å². The van der Waals surface area contributed by atoms with Crippen LogP contribution in [0.5, 0.6) is 0 Å². The highest BCUT2D eigenvalue weighted by molar-refractivity contribution is 6.16. The molecule has 31 heavy (non-hydrogen) atoms. The van der Waals surface area contributed by atoms with Crippen molar-refractivity contribution in [3.05, 3.63) is 77.2 Å². The quantitative estimate of drug-likeness (QED) is 0.704. The number of Topliss-reactive ketones (excluding diaryl/α,β-unsaturated/α-hetero) is 1. The number of ketones is 1. The molecule has 0 aliphatic carbocycles. The first-order valence-corrected chi connectivity index (χ1v) is 10.7. The van der Waals surface area contributed by atoms with Gasteiger partial charge in [-0.3, -0.25) is 9.79 Å². The number of nitrogens with one attached hydrogen (secondary N) is 1. The molecule has 0 saturated carbocycles. The van der Waals surface area contributed by atoms with Crippen LogP contribution in [0.1, 0.15) is 41.3 Å². The molecule has 1 saturated heterocycles. The number of fused-ring (bicyclic) bond motifs is 1. The fourth-order valence-corrected chi connectivity index (χ4v) is 4.23. The molecule has 1 N–H and O–H groups in total. The molecule has 1 aromatic heterocycles. The molecule has 0 spiro atoms. The molecule has 2 aliphatic heterocycles. The van der Waals surface area contributed by atoms with E-state index in [0.29, 0.717) is 12.3 Å². The molecule has 0 radical (unpaired) electrons. The number of benzene rings is 2. The van der Waals surface area contributed by atoms with Crippen LogP contribution in [0.25, 0.3) is 0 Å². The Kier molecular flexibility index (Phi) is 5.34. The van der Waals surface area contributed by atoms with E-state index in [2.05, 4.69) is 27.5 Å². The number of anilines is 1. The Morgan fingerprint density at radius 3 is 2.55 bits per heavy atom. The van der Waals surface area contributed by atoms with Crippen molar-refractivity contribution < 1.29 is 9.21 Å². The summed E-state index contributed by atoms with van der Waals surface area (Å²) in [6.45, 7) is 2.03. The molecule has 1 atom stereocenters. The summed E-state index contributed by atoms with van der Waals surface area (Å²) >= 11 is 0. The van der Waals surface area contributed by atoms with Crippen molar-refractivity contribution >= 4 is 17.5 Å². The highest BCUT2D eigenvalue weighted by Crippen LogP contribution is 2.28. The van der Waals surface area contributed by atoms with Crippen LogP contribution in [-0.4, -0.2) is 52.9 Å². The molecule has 2 aromatic carbocycles. The predicted octanol–water partition coefficient (Wildman–Crippen LogP) is 3.28. The molecule has 0 bridgehead atoms. The van der Waals surface area contributed by atoms with Crippen molar-refractivity contribution in [3.8, 4) is 0 Å². The number of hydrogen-bond donors (Lipinski definition) is 1. The number of aromatic nitrogens is 2. The maximum Gasteiger partial charge on any atom is 0.317 e. The topological polar surface area (TPSA) is 83.6 Å². The average molecular weight is 415 g/mol. The largest absolute Gasteiger partial charge is 0.408 e. The fourth-order valence-electron chi connectivity index (χ4n) is 4.23. The van der Waals surface area contributed by atoms with Crippen molar-refractivity contribution in [1.29, 1.82) is 0 Å². The first kappa shape index (κ1) is 19.6. The second kappa shape index (κ2) is 8.43. The van der Waals surface area contributed by atoms with Gasteiger partial charge in [-0.1, -0.05) is 59.7 Å². The van der Waals surface area contributed by atoms with E-state index < -0.39 is 6.17 Å². The van der Waals surface area contributed by atoms with Crippen LogP contribution < -0.4 is 5.32 Å². The van der Waals surface area contributed by atoms with Gasteiger partial charge in [0, 0.05) is 23.5 Å². The number of carbonyl (C=O) groups excluding carboxylic acids is 1. The zero-order valence-electron chi connectivity index (χ0n) is 17.5. The summed E-state index contributed by atoms with van der Waals surface area (Å²) in [4.78, 5) is 20.2. The second-order valence-electron chi connectivity index (χ2n) is 8.21. The van der Waals surface area contributed by atoms with E-state index in [1.165, 1.54) is 0 Å². The lowest BCUT2D eigenvalue weighted by Crippen LogP contribution is -2.29. The van der Waals surface area contributed by atoms with Gasteiger partial charge in [0.2, 0.25) is 5.89 Å². The van der Waals surface area contributed by atoms with Crippen molar-refractivity contribution in [1.82, 2.24) is 15.1 Å². The first-order valence-electron chi connectivity index (χ1n) is 10.7. The summed E-state index contributed by atoms with van der Waals surface area (Å²) in [6, 6.07) is 18.1. The van der Waals surface area contributed by atoms with Gasteiger partial charge in [0.25, 0.3) is 0 Å². The summed E-state index contributed by atoms with van der Waals surface area (Å²) in [5.41, 5.74) is 3.70. The lowest BCUT2D eigenvalue weighted by molar-refractivity contribution is -0.119. The number of nitrogens with zero attached hydrogens (tertiary/aromatic N) is 4. The third-order valence-corrected chi connectivity index (χ3v) is 6.02. The van der Waals surface area contributed by atoms with Crippen LogP contribution in [-0.2, 0) is 11.2 Å². The number of hydrogen-bond acceptors (Lipinski definition) is 7. The molecular formula is C24H25N5O2. The third kappa shape index (κ3) is 4.14. The van der Waals surface area contributed by atoms with Gasteiger partial charge < -0.3 is 14.6 Å². The van der Waals surface area contributed by atoms with Gasteiger partial charge in [-0.05, 0) is 38.5 Å². The molecule has 7 heteroatoms. The van der Waals surface area contributed by atoms with Crippen molar-refractivity contribution in [2.24, 2.45) is 4.99 Å². The second-order valence-corrected chi connectivity index (χ2v) is 8.21. The Labute approximate surface area is 181 Å². The Bertz CT molecular complexity index is 1100. The number of likely N-dealkylation sites (tertiary alicyclic amines) is 1. The van der Waals surface area contributed by atoms with Crippen LogP contribution in [0.15, 0.2) is 64.0 Å². The molecule has 0 amide bonds. The van der Waals surface area contributed by atoms with Gasteiger partial charge in [-0.2, -0.15) is 0 Å². The minimum Gasteiger partial charge on any atom is -0.408 e. The van der Waals surface area contributed by atoms with Gasteiger partial charge >= 0.3 is 6.01 Å². The molecule has 2 aliphatic rings. The Morgan fingerprint density at radius 1 is 1.00 bits per heavy atom. The highest BCUT2D eigenvalue weighted by atomic mass is 16.4. The van der Waals surface area contributed by atoms with E-state index in [1.54, 1.807) is 0 Å². The van der Waals surface area contributed by atoms with E-state index in [0.717, 1.165) is 48.3 Å². The van der Waals surface area contributed by atoms with Crippen LogP contribution >= 0.6 is 0 Å². The van der Waals surface area contributed by atoms with Gasteiger partial charge in [-0.25, -0.2) is 0 Å². The molecule has 5 rings (SSSR count). The van der Waals surface area contributed by atoms with E-state index in [4.69, 9.17) is 9.41 Å². The molecule has 3 heterocycles. The molecule has 1 unspecified atom stereocenters. The standard InChI is InChI=1S/C24H25N5O2/c1-29-13-11-17(12-14-29)23-27-28-24(31-23)26-22-20(30)15-18-9-5-6-10-19(18)21(25-22)16-7-3-2-4-8-16/h2-10,17,22H,11-15H2,1H3,(H,26,28). The predicted molar refractivity (Wildman–Crippen MR) is 118 cm³/mol. The zero-order chi connectivity index (χ0) is 21.2. The Morgan fingerprint density at radius 2 is 1.74 bits per heavy atom. The van der Waals surface area contributed by atoms with E-state index in [1.807, 2.05) is 54.6 Å². The van der Waals surface area contributed by atoms with Crippen molar-refractivity contribution in [2.75, 3.05) is 25.5 Å². The van der Waals surface area contributed by atoms with Crippen molar-refractivity contribution in [3.63, 3.8) is 0 Å². The van der Waals surface area contributed by atoms with Crippen LogP contribution in [0.3, 0.4) is 0 Å². The van der Waals surface area contributed by atoms with Gasteiger partial charge in [0.15, 0.2) is 11.9 Å². The lowest BCUT2D eigenvalue weighted by Gasteiger charge is -2.26. The number of piperidine rings is 1. The maximum atomic E-state index is 13.0. The molecule has 158 valence electrons. The normalized spacial score (nSPS) is 20.1.